The molecule has 152 valence electrons. The van der Waals surface area contributed by atoms with Crippen molar-refractivity contribution in [3.8, 4) is 5.75 Å². The highest BCUT2D eigenvalue weighted by atomic mass is 16.5. The molecule has 2 amide bonds. The largest absolute Gasteiger partial charge is 0.488 e. The van der Waals surface area contributed by atoms with E-state index in [1.165, 1.54) is 6.21 Å². The first-order chi connectivity index (χ1) is 14.6. The topological polar surface area (TPSA) is 79.8 Å². The monoisotopic (exact) mass is 401 g/mol. The van der Waals surface area contributed by atoms with E-state index in [9.17, 15) is 9.59 Å². The summed E-state index contributed by atoms with van der Waals surface area (Å²) < 4.78 is 5.85. The van der Waals surface area contributed by atoms with Gasteiger partial charge in [-0.1, -0.05) is 72.8 Å². The Bertz CT molecular complexity index is 1000. The summed E-state index contributed by atoms with van der Waals surface area (Å²) in [6.45, 7) is 2.22. The lowest BCUT2D eigenvalue weighted by atomic mass is 10.1. The summed E-state index contributed by atoms with van der Waals surface area (Å²) in [6, 6.07) is 26.2. The van der Waals surface area contributed by atoms with Crippen molar-refractivity contribution in [2.24, 2.45) is 5.10 Å². The molecular weight excluding hydrogens is 378 g/mol. The lowest BCUT2D eigenvalue weighted by molar-refractivity contribution is -0.139. The van der Waals surface area contributed by atoms with Gasteiger partial charge in [0.25, 0.3) is 0 Å². The third-order valence-electron chi connectivity index (χ3n) is 4.38. The molecule has 30 heavy (non-hydrogen) atoms. The number of nitrogens with one attached hydrogen (secondary N) is 2. The number of rotatable bonds is 7. The lowest BCUT2D eigenvalue weighted by Crippen LogP contribution is -2.39. The number of nitrogens with zero attached hydrogens (tertiary/aromatic N) is 1. The van der Waals surface area contributed by atoms with Crippen LogP contribution in [0.15, 0.2) is 90.0 Å². The number of hydrazone groups is 1. The molecule has 3 aromatic carbocycles. The number of hydrogen-bond donors (Lipinski definition) is 2. The predicted octanol–water partition coefficient (Wildman–Crippen LogP) is 3.59. The Kier molecular flexibility index (Phi) is 7.33. The molecule has 6 heteroatoms. The van der Waals surface area contributed by atoms with Gasteiger partial charge in [-0.2, -0.15) is 5.10 Å². The second kappa shape index (κ2) is 10.6. The van der Waals surface area contributed by atoms with Crippen molar-refractivity contribution in [2.75, 3.05) is 0 Å². The highest BCUT2D eigenvalue weighted by Crippen LogP contribution is 2.17. The van der Waals surface area contributed by atoms with Gasteiger partial charge in [-0.25, -0.2) is 5.43 Å². The molecule has 2 N–H and O–H groups in total. The summed E-state index contributed by atoms with van der Waals surface area (Å²) in [4.78, 5) is 24.1. The minimum atomic E-state index is -0.836. The number of amides is 2. The molecule has 0 saturated carbocycles. The predicted molar refractivity (Wildman–Crippen MR) is 116 cm³/mol. The molecule has 0 aliphatic rings. The quantitative estimate of drug-likeness (QED) is 0.361. The normalized spacial score (nSPS) is 11.6. The van der Waals surface area contributed by atoms with Crippen LogP contribution in [0.2, 0.25) is 0 Å². The molecule has 0 aliphatic heterocycles. The average molecular weight is 401 g/mol. The fourth-order valence-electron chi connectivity index (χ4n) is 2.75. The summed E-state index contributed by atoms with van der Waals surface area (Å²) in [5, 5.41) is 6.54. The van der Waals surface area contributed by atoms with E-state index in [4.69, 9.17) is 4.74 Å². The first-order valence-corrected chi connectivity index (χ1v) is 9.58. The smallest absolute Gasteiger partial charge is 0.329 e. The first-order valence-electron chi connectivity index (χ1n) is 9.58. The van der Waals surface area contributed by atoms with Gasteiger partial charge in [0.15, 0.2) is 0 Å². The van der Waals surface area contributed by atoms with Gasteiger partial charge in [0.1, 0.15) is 12.4 Å². The second-order valence-electron chi connectivity index (χ2n) is 6.62. The first kappa shape index (κ1) is 20.8. The highest BCUT2D eigenvalue weighted by molar-refractivity contribution is 6.35. The number of para-hydroxylation sites is 1. The molecule has 6 nitrogen and oxygen atoms in total. The van der Waals surface area contributed by atoms with Crippen molar-refractivity contribution in [3.05, 3.63) is 102 Å². The van der Waals surface area contributed by atoms with E-state index < -0.39 is 11.8 Å². The van der Waals surface area contributed by atoms with Gasteiger partial charge in [-0.15, -0.1) is 0 Å². The Balaban J connectivity index is 1.54. The number of carbonyl (C=O) groups excluding carboxylic acids is 2. The molecule has 0 aliphatic carbocycles. The number of carbonyl (C=O) groups is 2. The molecule has 0 heterocycles. The Morgan fingerprint density at radius 2 is 1.53 bits per heavy atom. The Morgan fingerprint density at radius 1 is 0.900 bits per heavy atom. The van der Waals surface area contributed by atoms with Gasteiger partial charge in [0.2, 0.25) is 0 Å². The van der Waals surface area contributed by atoms with Crippen LogP contribution in [0.1, 0.15) is 29.7 Å². The second-order valence-corrected chi connectivity index (χ2v) is 6.62. The molecular formula is C24H23N3O3. The standard InChI is InChI=1S/C24H23N3O3/c1-18(20-12-6-3-7-13-20)26-23(28)24(29)27-25-16-21-14-8-9-15-22(21)30-17-19-10-4-2-5-11-19/h2-16,18H,17H2,1H3,(H,26,28)(H,27,29)/b25-16-. The van der Waals surface area contributed by atoms with Crippen LogP contribution < -0.4 is 15.5 Å². The minimum absolute atomic E-state index is 0.291. The van der Waals surface area contributed by atoms with Crippen LogP contribution in [0.25, 0.3) is 0 Å². The van der Waals surface area contributed by atoms with E-state index in [1.807, 2.05) is 91.9 Å². The Morgan fingerprint density at radius 3 is 2.27 bits per heavy atom. The van der Waals surface area contributed by atoms with E-state index in [1.54, 1.807) is 0 Å². The zero-order valence-corrected chi connectivity index (χ0v) is 16.6. The van der Waals surface area contributed by atoms with Crippen LogP contribution in [-0.2, 0) is 16.2 Å². The molecule has 0 radical (unpaired) electrons. The summed E-state index contributed by atoms with van der Waals surface area (Å²) in [6.07, 6.45) is 1.45. The molecule has 0 fully saturated rings. The number of benzene rings is 3. The molecule has 0 saturated heterocycles. The van der Waals surface area contributed by atoms with Crippen LogP contribution in [0.3, 0.4) is 0 Å². The van der Waals surface area contributed by atoms with Crippen molar-refractivity contribution in [3.63, 3.8) is 0 Å². The van der Waals surface area contributed by atoms with E-state index in [0.717, 1.165) is 11.1 Å². The molecule has 0 spiro atoms. The maximum absolute atomic E-state index is 12.1. The minimum Gasteiger partial charge on any atom is -0.488 e. The molecule has 1 atom stereocenters. The third-order valence-corrected chi connectivity index (χ3v) is 4.38. The summed E-state index contributed by atoms with van der Waals surface area (Å²) in [7, 11) is 0. The zero-order chi connectivity index (χ0) is 21.2. The van der Waals surface area contributed by atoms with Crippen LogP contribution in [0.5, 0.6) is 5.75 Å². The Hall–Kier alpha value is -3.93. The fraction of sp³-hybridized carbons (Fsp3) is 0.125. The van der Waals surface area contributed by atoms with Gasteiger partial charge in [-0.05, 0) is 30.2 Å². The van der Waals surface area contributed by atoms with Gasteiger partial charge in [-0.3, -0.25) is 9.59 Å². The molecule has 0 aromatic heterocycles. The van der Waals surface area contributed by atoms with Crippen LogP contribution >= 0.6 is 0 Å². The van der Waals surface area contributed by atoms with Gasteiger partial charge < -0.3 is 10.1 Å². The van der Waals surface area contributed by atoms with Crippen LogP contribution in [0.4, 0.5) is 0 Å². The lowest BCUT2D eigenvalue weighted by Gasteiger charge is -2.13. The maximum Gasteiger partial charge on any atom is 0.329 e. The molecule has 3 aromatic rings. The SMILES string of the molecule is CC(NC(=O)C(=O)N/N=C\c1ccccc1OCc1ccccc1)c1ccccc1. The van der Waals surface area contributed by atoms with Gasteiger partial charge >= 0.3 is 11.8 Å². The van der Waals surface area contributed by atoms with Crippen molar-refractivity contribution in [1.82, 2.24) is 10.7 Å². The van der Waals surface area contributed by atoms with Crippen molar-refractivity contribution in [2.45, 2.75) is 19.6 Å². The maximum atomic E-state index is 12.1. The third kappa shape index (κ3) is 6.04. The fourth-order valence-corrected chi connectivity index (χ4v) is 2.75. The molecule has 1 unspecified atom stereocenters. The van der Waals surface area contributed by atoms with Crippen molar-refractivity contribution >= 4 is 18.0 Å². The number of hydrogen-bond acceptors (Lipinski definition) is 4. The summed E-state index contributed by atoms with van der Waals surface area (Å²) in [5.74, 6) is -0.963. The van der Waals surface area contributed by atoms with Crippen molar-refractivity contribution < 1.29 is 14.3 Å². The zero-order valence-electron chi connectivity index (χ0n) is 16.6. The summed E-state index contributed by atoms with van der Waals surface area (Å²) in [5.41, 5.74) is 4.89. The van der Waals surface area contributed by atoms with E-state index in [-0.39, 0.29) is 6.04 Å². The van der Waals surface area contributed by atoms with Crippen LogP contribution in [0, 0.1) is 0 Å². The van der Waals surface area contributed by atoms with E-state index in [0.29, 0.717) is 17.9 Å². The highest BCUT2D eigenvalue weighted by Gasteiger charge is 2.16. The average Bonchev–Trinajstić information content (AvgIpc) is 2.79. The van der Waals surface area contributed by atoms with Crippen molar-refractivity contribution in [1.29, 1.82) is 0 Å². The van der Waals surface area contributed by atoms with E-state index >= 15 is 0 Å². The van der Waals surface area contributed by atoms with E-state index in [2.05, 4.69) is 15.8 Å². The molecule has 0 bridgehead atoms. The molecule has 3 rings (SSSR count). The van der Waals surface area contributed by atoms with Gasteiger partial charge in [0, 0.05) is 5.56 Å². The summed E-state index contributed by atoms with van der Waals surface area (Å²) >= 11 is 0. The number of ether oxygens (including phenoxy) is 1. The van der Waals surface area contributed by atoms with Gasteiger partial charge in [0.05, 0.1) is 12.3 Å². The Labute approximate surface area is 175 Å². The van der Waals surface area contributed by atoms with Crippen LogP contribution in [-0.4, -0.2) is 18.0 Å².